The third-order valence-corrected chi connectivity index (χ3v) is 7.44. The Morgan fingerprint density at radius 1 is 1.10 bits per heavy atom. The molecule has 0 fully saturated rings. The summed E-state index contributed by atoms with van der Waals surface area (Å²) in [5.41, 5.74) is 3.93. The fourth-order valence-electron chi connectivity index (χ4n) is 3.32. The van der Waals surface area contributed by atoms with E-state index in [1.54, 1.807) is 6.07 Å². The van der Waals surface area contributed by atoms with Gasteiger partial charge in [0.15, 0.2) is 0 Å². The molecule has 0 saturated heterocycles. The van der Waals surface area contributed by atoms with Gasteiger partial charge in [-0.05, 0) is 43.2 Å². The first-order valence-electron chi connectivity index (χ1n) is 9.26. The van der Waals surface area contributed by atoms with Crippen LogP contribution in [0.2, 0.25) is 5.02 Å². The Bertz CT molecular complexity index is 1340. The lowest BCUT2D eigenvalue weighted by atomic mass is 9.97. The second kappa shape index (κ2) is 8.42. The lowest BCUT2D eigenvalue weighted by molar-refractivity contribution is 0.0603. The maximum atomic E-state index is 13.5. The van der Waals surface area contributed by atoms with E-state index in [2.05, 4.69) is 5.32 Å². The summed E-state index contributed by atoms with van der Waals surface area (Å²) < 4.78 is 19.1. The van der Waals surface area contributed by atoms with Crippen molar-refractivity contribution in [3.05, 3.63) is 74.2 Å². The van der Waals surface area contributed by atoms with Crippen LogP contribution in [0.5, 0.6) is 0 Å². The largest absolute Gasteiger partial charge is 0.465 e. The summed E-state index contributed by atoms with van der Waals surface area (Å²) in [6.07, 6.45) is 0. The standard InChI is InChI=1S/C23H17ClFNO3S2/c1-11-4-5-12(2)15(8-11)16-10-30-22(18(16)23(28)29-3)26-21(27)20-19(24)14-7-6-13(25)9-17(14)31-20/h4-10H,1-3H3,(H,26,27). The number of halogens is 2. The Morgan fingerprint density at radius 2 is 1.87 bits per heavy atom. The van der Waals surface area contributed by atoms with Crippen molar-refractivity contribution in [1.82, 2.24) is 0 Å². The van der Waals surface area contributed by atoms with Crippen LogP contribution >= 0.6 is 34.3 Å². The minimum absolute atomic E-state index is 0.250. The zero-order chi connectivity index (χ0) is 22.3. The Morgan fingerprint density at radius 3 is 2.61 bits per heavy atom. The summed E-state index contributed by atoms with van der Waals surface area (Å²) in [5, 5.41) is 5.85. The molecule has 0 saturated carbocycles. The molecule has 31 heavy (non-hydrogen) atoms. The fraction of sp³-hybridized carbons (Fsp3) is 0.130. The third kappa shape index (κ3) is 3.96. The molecule has 0 spiro atoms. The molecular formula is C23H17ClFNO3S2. The average molecular weight is 474 g/mol. The number of ether oxygens (including phenoxy) is 1. The number of nitrogens with one attached hydrogen (secondary N) is 1. The number of thiophene rings is 2. The van der Waals surface area contributed by atoms with Gasteiger partial charge in [-0.15, -0.1) is 22.7 Å². The number of anilines is 1. The van der Waals surface area contributed by atoms with Gasteiger partial charge in [-0.2, -0.15) is 0 Å². The maximum absolute atomic E-state index is 13.5. The first-order valence-corrected chi connectivity index (χ1v) is 11.3. The minimum Gasteiger partial charge on any atom is -0.465 e. The lowest BCUT2D eigenvalue weighted by Crippen LogP contribution is -2.13. The van der Waals surface area contributed by atoms with Crippen molar-refractivity contribution < 1.29 is 18.7 Å². The van der Waals surface area contributed by atoms with E-state index in [1.807, 2.05) is 37.4 Å². The van der Waals surface area contributed by atoms with Gasteiger partial charge in [0.05, 0.1) is 12.1 Å². The first-order chi connectivity index (χ1) is 14.8. The normalized spacial score (nSPS) is 11.0. The quantitative estimate of drug-likeness (QED) is 0.322. The third-order valence-electron chi connectivity index (χ3n) is 4.89. The number of methoxy groups -OCH3 is 1. The number of fused-ring (bicyclic) bond motifs is 1. The number of aryl methyl sites for hydroxylation is 2. The Balaban J connectivity index is 1.76. The van der Waals surface area contributed by atoms with Crippen LogP contribution in [0, 0.1) is 19.7 Å². The van der Waals surface area contributed by atoms with E-state index in [0.717, 1.165) is 28.0 Å². The molecule has 0 aliphatic rings. The van der Waals surface area contributed by atoms with E-state index >= 15 is 0 Å². The van der Waals surface area contributed by atoms with Crippen LogP contribution in [-0.4, -0.2) is 19.0 Å². The molecule has 0 radical (unpaired) electrons. The second-order valence-corrected chi connectivity index (χ2v) is 9.31. The van der Waals surface area contributed by atoms with Crippen LogP contribution in [0.4, 0.5) is 9.39 Å². The van der Waals surface area contributed by atoms with E-state index in [4.69, 9.17) is 16.3 Å². The van der Waals surface area contributed by atoms with Crippen LogP contribution in [-0.2, 0) is 4.74 Å². The van der Waals surface area contributed by atoms with Gasteiger partial charge in [0, 0.05) is 21.0 Å². The molecule has 2 heterocycles. The zero-order valence-corrected chi connectivity index (χ0v) is 19.2. The lowest BCUT2D eigenvalue weighted by Gasteiger charge is -2.10. The van der Waals surface area contributed by atoms with Gasteiger partial charge in [0.1, 0.15) is 21.3 Å². The number of amides is 1. The molecule has 4 rings (SSSR count). The monoisotopic (exact) mass is 473 g/mol. The van der Waals surface area contributed by atoms with Crippen LogP contribution in [0.15, 0.2) is 41.8 Å². The molecule has 1 N–H and O–H groups in total. The van der Waals surface area contributed by atoms with E-state index in [0.29, 0.717) is 20.7 Å². The molecule has 158 valence electrons. The van der Waals surface area contributed by atoms with Gasteiger partial charge in [-0.1, -0.05) is 35.4 Å². The van der Waals surface area contributed by atoms with Crippen molar-refractivity contribution in [3.63, 3.8) is 0 Å². The highest BCUT2D eigenvalue weighted by atomic mass is 35.5. The Hall–Kier alpha value is -2.74. The van der Waals surface area contributed by atoms with E-state index in [-0.39, 0.29) is 15.5 Å². The summed E-state index contributed by atoms with van der Waals surface area (Å²) >= 11 is 8.71. The molecule has 0 aliphatic heterocycles. The average Bonchev–Trinajstić information content (AvgIpc) is 3.30. The molecule has 2 aromatic heterocycles. The van der Waals surface area contributed by atoms with Gasteiger partial charge in [0.2, 0.25) is 0 Å². The van der Waals surface area contributed by atoms with Crippen molar-refractivity contribution in [1.29, 1.82) is 0 Å². The smallest absolute Gasteiger partial charge is 0.341 e. The molecule has 0 unspecified atom stereocenters. The molecule has 0 atom stereocenters. The van der Waals surface area contributed by atoms with Gasteiger partial charge in [0.25, 0.3) is 5.91 Å². The molecule has 4 nitrogen and oxygen atoms in total. The van der Waals surface area contributed by atoms with Crippen LogP contribution in [0.1, 0.15) is 31.2 Å². The van der Waals surface area contributed by atoms with Crippen LogP contribution in [0.3, 0.4) is 0 Å². The summed E-state index contributed by atoms with van der Waals surface area (Å²) in [7, 11) is 1.30. The number of carbonyl (C=O) groups excluding carboxylic acids is 2. The van der Waals surface area contributed by atoms with E-state index in [1.165, 1.54) is 30.6 Å². The fourth-order valence-corrected chi connectivity index (χ4v) is 5.70. The molecule has 4 aromatic rings. The summed E-state index contributed by atoms with van der Waals surface area (Å²) in [6, 6.07) is 10.2. The number of hydrogen-bond acceptors (Lipinski definition) is 5. The van der Waals surface area contributed by atoms with E-state index < -0.39 is 17.7 Å². The Labute approximate surface area is 191 Å². The summed E-state index contributed by atoms with van der Waals surface area (Å²) in [6.45, 7) is 3.93. The number of benzene rings is 2. The van der Waals surface area contributed by atoms with Crippen molar-refractivity contribution in [3.8, 4) is 11.1 Å². The Kier molecular flexibility index (Phi) is 5.83. The van der Waals surface area contributed by atoms with E-state index in [9.17, 15) is 14.0 Å². The molecule has 1 amide bonds. The summed E-state index contributed by atoms with van der Waals surface area (Å²) in [4.78, 5) is 25.9. The number of hydrogen-bond donors (Lipinski definition) is 1. The zero-order valence-electron chi connectivity index (χ0n) is 16.8. The molecule has 8 heteroatoms. The summed E-state index contributed by atoms with van der Waals surface area (Å²) in [5.74, 6) is -1.41. The highest BCUT2D eigenvalue weighted by Crippen LogP contribution is 2.40. The topological polar surface area (TPSA) is 55.4 Å². The van der Waals surface area contributed by atoms with Gasteiger partial charge in [-0.25, -0.2) is 9.18 Å². The SMILES string of the molecule is COC(=O)c1c(-c2cc(C)ccc2C)csc1NC(=O)c1sc2cc(F)ccc2c1Cl. The predicted molar refractivity (Wildman–Crippen MR) is 125 cm³/mol. The number of rotatable bonds is 4. The van der Waals surface area contributed by atoms with Gasteiger partial charge in [-0.3, -0.25) is 4.79 Å². The van der Waals surface area contributed by atoms with Gasteiger partial charge >= 0.3 is 5.97 Å². The molecule has 0 aliphatic carbocycles. The van der Waals surface area contributed by atoms with Gasteiger partial charge < -0.3 is 10.1 Å². The van der Waals surface area contributed by atoms with Crippen molar-refractivity contribution >= 4 is 61.2 Å². The van der Waals surface area contributed by atoms with Crippen LogP contribution < -0.4 is 5.32 Å². The number of esters is 1. The number of carbonyl (C=O) groups is 2. The molecule has 0 bridgehead atoms. The first kappa shape index (κ1) is 21.5. The highest BCUT2D eigenvalue weighted by molar-refractivity contribution is 7.22. The van der Waals surface area contributed by atoms with Crippen molar-refractivity contribution in [2.24, 2.45) is 0 Å². The second-order valence-electron chi connectivity index (χ2n) is 7.00. The molecule has 2 aromatic carbocycles. The minimum atomic E-state index is -0.544. The predicted octanol–water partition coefficient (Wildman–Crippen LogP) is 7.08. The highest BCUT2D eigenvalue weighted by Gasteiger charge is 2.25. The van der Waals surface area contributed by atoms with Crippen molar-refractivity contribution in [2.45, 2.75) is 13.8 Å². The molecular weight excluding hydrogens is 457 g/mol. The van der Waals surface area contributed by atoms with Crippen molar-refractivity contribution in [2.75, 3.05) is 12.4 Å². The van der Waals surface area contributed by atoms with Crippen LogP contribution in [0.25, 0.3) is 21.2 Å². The maximum Gasteiger partial charge on any atom is 0.341 e.